The van der Waals surface area contributed by atoms with Crippen LogP contribution >= 0.6 is 0 Å². The summed E-state index contributed by atoms with van der Waals surface area (Å²) < 4.78 is 13.3. The molecule has 3 N–H and O–H groups in total. The minimum absolute atomic E-state index is 0.0616. The first-order chi connectivity index (χ1) is 9.45. The topological polar surface area (TPSA) is 55.1 Å². The first kappa shape index (κ1) is 15.0. The van der Waals surface area contributed by atoms with Gasteiger partial charge in [0.25, 0.3) is 0 Å². The molecule has 1 fully saturated rings. The third kappa shape index (κ3) is 3.01. The minimum Gasteiger partial charge on any atom is -0.352 e. The lowest BCUT2D eigenvalue weighted by molar-refractivity contribution is -0.126. The molecule has 3 nitrogen and oxygen atoms in total. The Morgan fingerprint density at radius 2 is 2.20 bits per heavy atom. The Bertz CT molecular complexity index is 487. The molecule has 0 saturated heterocycles. The van der Waals surface area contributed by atoms with Crippen LogP contribution in [0, 0.1) is 11.7 Å². The first-order valence-corrected chi connectivity index (χ1v) is 7.22. The Hall–Kier alpha value is -1.42. The van der Waals surface area contributed by atoms with Gasteiger partial charge in [-0.2, -0.15) is 0 Å². The molecule has 0 bridgehead atoms. The molecule has 2 atom stereocenters. The summed E-state index contributed by atoms with van der Waals surface area (Å²) in [5.74, 6) is -0.0141. The van der Waals surface area contributed by atoms with Crippen molar-refractivity contribution in [2.24, 2.45) is 11.7 Å². The molecule has 1 saturated carbocycles. The number of carbonyl (C=O) groups is 1. The molecule has 2 unspecified atom stereocenters. The summed E-state index contributed by atoms with van der Waals surface area (Å²) in [6.07, 6.45) is 3.15. The van der Waals surface area contributed by atoms with Crippen LogP contribution in [0.15, 0.2) is 24.3 Å². The number of nitrogens with two attached hydrogens (primary N) is 1. The van der Waals surface area contributed by atoms with Gasteiger partial charge >= 0.3 is 0 Å². The van der Waals surface area contributed by atoms with Gasteiger partial charge in [-0.25, -0.2) is 4.39 Å². The summed E-state index contributed by atoms with van der Waals surface area (Å²) >= 11 is 0. The predicted molar refractivity (Wildman–Crippen MR) is 77.8 cm³/mol. The smallest absolute Gasteiger partial charge is 0.230 e. The van der Waals surface area contributed by atoms with Gasteiger partial charge in [0.2, 0.25) is 5.91 Å². The van der Waals surface area contributed by atoms with E-state index in [1.165, 1.54) is 12.1 Å². The molecular formula is C16H23FN2O. The largest absolute Gasteiger partial charge is 0.352 e. The molecule has 1 aliphatic carbocycles. The van der Waals surface area contributed by atoms with E-state index in [0.717, 1.165) is 19.3 Å². The van der Waals surface area contributed by atoms with Crippen LogP contribution in [-0.2, 0) is 10.2 Å². The Balaban J connectivity index is 2.11. The van der Waals surface area contributed by atoms with Crippen molar-refractivity contribution in [1.82, 2.24) is 5.32 Å². The van der Waals surface area contributed by atoms with E-state index in [4.69, 9.17) is 5.73 Å². The second-order valence-electron chi connectivity index (χ2n) is 6.14. The quantitative estimate of drug-likeness (QED) is 0.888. The second kappa shape index (κ2) is 5.92. The van der Waals surface area contributed by atoms with Crippen LogP contribution in [0.3, 0.4) is 0 Å². The summed E-state index contributed by atoms with van der Waals surface area (Å²) in [7, 11) is 0. The highest BCUT2D eigenvalue weighted by Crippen LogP contribution is 2.28. The summed E-state index contributed by atoms with van der Waals surface area (Å²) in [6, 6.07) is 6.39. The van der Waals surface area contributed by atoms with Crippen molar-refractivity contribution >= 4 is 5.91 Å². The fourth-order valence-electron chi connectivity index (χ4n) is 2.87. The molecule has 1 aromatic carbocycles. The van der Waals surface area contributed by atoms with E-state index in [1.807, 2.05) is 13.8 Å². The highest BCUT2D eigenvalue weighted by Gasteiger charge is 2.34. The molecular weight excluding hydrogens is 255 g/mol. The summed E-state index contributed by atoms with van der Waals surface area (Å²) in [6.45, 7) is 4.25. The van der Waals surface area contributed by atoms with Crippen molar-refractivity contribution < 1.29 is 9.18 Å². The van der Waals surface area contributed by atoms with Crippen LogP contribution in [0.25, 0.3) is 0 Å². The fraction of sp³-hybridized carbons (Fsp3) is 0.562. The monoisotopic (exact) mass is 278 g/mol. The standard InChI is InChI=1S/C16H23FN2O/c1-16(2,12-6-4-7-13(17)9-12)15(20)19-14-8-3-5-11(14)10-18/h4,6-7,9,11,14H,3,5,8,10,18H2,1-2H3,(H,19,20). The van der Waals surface area contributed by atoms with E-state index in [1.54, 1.807) is 12.1 Å². The minimum atomic E-state index is -0.746. The number of nitrogens with one attached hydrogen (secondary N) is 1. The Kier molecular flexibility index (Phi) is 4.43. The van der Waals surface area contributed by atoms with E-state index in [9.17, 15) is 9.18 Å². The fourth-order valence-corrected chi connectivity index (χ4v) is 2.87. The zero-order valence-corrected chi connectivity index (χ0v) is 12.2. The van der Waals surface area contributed by atoms with Crippen LogP contribution in [0.2, 0.25) is 0 Å². The molecule has 0 aliphatic heterocycles. The Morgan fingerprint density at radius 1 is 1.45 bits per heavy atom. The lowest BCUT2D eigenvalue weighted by atomic mass is 9.83. The van der Waals surface area contributed by atoms with Crippen molar-refractivity contribution in [3.8, 4) is 0 Å². The van der Waals surface area contributed by atoms with Gasteiger partial charge in [-0.05, 0) is 56.8 Å². The third-order valence-corrected chi connectivity index (χ3v) is 4.39. The summed E-state index contributed by atoms with van der Waals surface area (Å²) in [5, 5.41) is 3.10. The molecule has 1 aromatic rings. The number of amides is 1. The maximum absolute atomic E-state index is 13.3. The molecule has 4 heteroatoms. The average molecular weight is 278 g/mol. The zero-order valence-electron chi connectivity index (χ0n) is 12.2. The van der Waals surface area contributed by atoms with Crippen LogP contribution in [0.5, 0.6) is 0 Å². The molecule has 1 amide bonds. The molecule has 2 rings (SSSR count). The van der Waals surface area contributed by atoms with Gasteiger partial charge in [-0.1, -0.05) is 18.6 Å². The van der Waals surface area contributed by atoms with Gasteiger partial charge < -0.3 is 11.1 Å². The van der Waals surface area contributed by atoms with Gasteiger partial charge in [-0.3, -0.25) is 4.79 Å². The molecule has 0 heterocycles. The number of hydrogen-bond acceptors (Lipinski definition) is 2. The maximum atomic E-state index is 13.3. The number of carbonyl (C=O) groups excluding carboxylic acids is 1. The van der Waals surface area contributed by atoms with Gasteiger partial charge in [0.05, 0.1) is 5.41 Å². The Labute approximate surface area is 119 Å². The van der Waals surface area contributed by atoms with Gasteiger partial charge in [0, 0.05) is 6.04 Å². The van der Waals surface area contributed by atoms with E-state index in [-0.39, 0.29) is 17.8 Å². The predicted octanol–water partition coefficient (Wildman–Crippen LogP) is 2.35. The molecule has 0 spiro atoms. The van der Waals surface area contributed by atoms with Crippen molar-refractivity contribution in [1.29, 1.82) is 0 Å². The van der Waals surface area contributed by atoms with Gasteiger partial charge in [-0.15, -0.1) is 0 Å². The number of hydrogen-bond donors (Lipinski definition) is 2. The van der Waals surface area contributed by atoms with E-state index in [2.05, 4.69) is 5.32 Å². The number of rotatable bonds is 4. The first-order valence-electron chi connectivity index (χ1n) is 7.22. The normalized spacial score (nSPS) is 22.8. The highest BCUT2D eigenvalue weighted by molar-refractivity contribution is 5.87. The molecule has 1 aliphatic rings. The molecule has 110 valence electrons. The van der Waals surface area contributed by atoms with Crippen molar-refractivity contribution in [2.75, 3.05) is 6.54 Å². The SMILES string of the molecule is CC(C)(C(=O)NC1CCCC1CN)c1cccc(F)c1. The summed E-state index contributed by atoms with van der Waals surface area (Å²) in [5.41, 5.74) is 5.68. The average Bonchev–Trinajstić information content (AvgIpc) is 2.86. The Morgan fingerprint density at radius 3 is 2.85 bits per heavy atom. The molecule has 0 radical (unpaired) electrons. The highest BCUT2D eigenvalue weighted by atomic mass is 19.1. The van der Waals surface area contributed by atoms with Crippen LogP contribution in [0.1, 0.15) is 38.7 Å². The lowest BCUT2D eigenvalue weighted by Gasteiger charge is -2.28. The van der Waals surface area contributed by atoms with E-state index in [0.29, 0.717) is 18.0 Å². The zero-order chi connectivity index (χ0) is 14.8. The summed E-state index contributed by atoms with van der Waals surface area (Å²) in [4.78, 5) is 12.5. The third-order valence-electron chi connectivity index (χ3n) is 4.39. The van der Waals surface area contributed by atoms with Gasteiger partial charge in [0.1, 0.15) is 5.82 Å². The van der Waals surface area contributed by atoms with Crippen molar-refractivity contribution in [3.63, 3.8) is 0 Å². The lowest BCUT2D eigenvalue weighted by Crippen LogP contribution is -2.47. The molecule has 20 heavy (non-hydrogen) atoms. The van der Waals surface area contributed by atoms with Gasteiger partial charge in [0.15, 0.2) is 0 Å². The maximum Gasteiger partial charge on any atom is 0.230 e. The van der Waals surface area contributed by atoms with Crippen LogP contribution < -0.4 is 11.1 Å². The van der Waals surface area contributed by atoms with Crippen LogP contribution in [0.4, 0.5) is 4.39 Å². The molecule has 0 aromatic heterocycles. The number of benzene rings is 1. The van der Waals surface area contributed by atoms with E-state index < -0.39 is 5.41 Å². The van der Waals surface area contributed by atoms with Crippen molar-refractivity contribution in [3.05, 3.63) is 35.6 Å². The van der Waals surface area contributed by atoms with E-state index >= 15 is 0 Å². The second-order valence-corrected chi connectivity index (χ2v) is 6.14. The van der Waals surface area contributed by atoms with Crippen molar-refractivity contribution in [2.45, 2.75) is 44.6 Å². The van der Waals surface area contributed by atoms with Crippen LogP contribution in [-0.4, -0.2) is 18.5 Å². The number of halogens is 1.